The zero-order valence-electron chi connectivity index (χ0n) is 15.5. The molecule has 5 nitrogen and oxygen atoms in total. The first kappa shape index (κ1) is 18.6. The standard InChI is InChI=1S/C20H26N4OS/c1-4-16-8-5-6-9-18(16)21-13-17-12-20(25)24(15(3)22-17)23-14(2)19-10-7-11-26-19/h8-10,12,21-22H,3-7,11,13H2,1-2H3/b23-14+. The molecule has 0 unspecified atom stereocenters. The minimum atomic E-state index is -0.169. The molecule has 0 aromatic rings. The molecule has 3 aliphatic rings. The number of hydrogen-bond acceptors (Lipinski definition) is 5. The maximum absolute atomic E-state index is 12.5. The lowest BCUT2D eigenvalue weighted by atomic mass is 10.0. The smallest absolute Gasteiger partial charge is 0.274 e. The second kappa shape index (κ2) is 8.45. The summed E-state index contributed by atoms with van der Waals surface area (Å²) in [7, 11) is 0. The highest BCUT2D eigenvalue weighted by Gasteiger charge is 2.23. The van der Waals surface area contributed by atoms with Crippen LogP contribution in [0.2, 0.25) is 0 Å². The van der Waals surface area contributed by atoms with Crippen LogP contribution < -0.4 is 10.6 Å². The lowest BCUT2D eigenvalue weighted by molar-refractivity contribution is -0.125. The summed E-state index contributed by atoms with van der Waals surface area (Å²) < 4.78 is 0. The van der Waals surface area contributed by atoms with Crippen LogP contribution in [-0.2, 0) is 4.79 Å². The summed E-state index contributed by atoms with van der Waals surface area (Å²) in [5, 5.41) is 12.4. The molecule has 2 aliphatic heterocycles. The number of rotatable bonds is 6. The van der Waals surface area contributed by atoms with Gasteiger partial charge in [0, 0.05) is 28.1 Å². The minimum absolute atomic E-state index is 0.169. The maximum atomic E-state index is 12.5. The summed E-state index contributed by atoms with van der Waals surface area (Å²) in [4.78, 5) is 13.6. The molecule has 0 atom stereocenters. The van der Waals surface area contributed by atoms with Crippen molar-refractivity contribution in [3.63, 3.8) is 0 Å². The van der Waals surface area contributed by atoms with E-state index in [-0.39, 0.29) is 5.91 Å². The van der Waals surface area contributed by atoms with Crippen LogP contribution in [0.4, 0.5) is 0 Å². The molecule has 1 aliphatic carbocycles. The fraction of sp³-hybridized carbons (Fsp3) is 0.400. The number of nitrogens with zero attached hydrogens (tertiary/aromatic N) is 2. The first-order chi connectivity index (χ1) is 12.6. The van der Waals surface area contributed by atoms with Crippen LogP contribution in [0, 0.1) is 0 Å². The van der Waals surface area contributed by atoms with Gasteiger partial charge in [0.15, 0.2) is 0 Å². The SMILES string of the molecule is C=C1NC(CNC2=CCCC=C2CC)=CC(=O)N1/N=C(\C)C1=CCCS1. The van der Waals surface area contributed by atoms with Gasteiger partial charge in [0.2, 0.25) is 0 Å². The van der Waals surface area contributed by atoms with Gasteiger partial charge in [0.05, 0.1) is 12.3 Å². The monoisotopic (exact) mass is 370 g/mol. The predicted molar refractivity (Wildman–Crippen MR) is 109 cm³/mol. The number of carbonyl (C=O) groups is 1. The summed E-state index contributed by atoms with van der Waals surface area (Å²) >= 11 is 1.77. The average molecular weight is 371 g/mol. The van der Waals surface area contributed by atoms with Crippen molar-refractivity contribution in [1.82, 2.24) is 15.6 Å². The van der Waals surface area contributed by atoms with Gasteiger partial charge in [-0.15, -0.1) is 11.8 Å². The van der Waals surface area contributed by atoms with Crippen molar-refractivity contribution >= 4 is 23.4 Å². The highest BCUT2D eigenvalue weighted by molar-refractivity contribution is 8.04. The molecule has 0 spiro atoms. The summed E-state index contributed by atoms with van der Waals surface area (Å²) in [6, 6.07) is 0. The van der Waals surface area contributed by atoms with Crippen molar-refractivity contribution in [2.45, 2.75) is 39.5 Å². The van der Waals surface area contributed by atoms with Crippen LogP contribution in [0.3, 0.4) is 0 Å². The molecule has 0 saturated heterocycles. The first-order valence-corrected chi connectivity index (χ1v) is 10.1. The fourth-order valence-corrected chi connectivity index (χ4v) is 4.07. The highest BCUT2D eigenvalue weighted by Crippen LogP contribution is 2.26. The normalized spacial score (nSPS) is 21.0. The quantitative estimate of drug-likeness (QED) is 0.699. The van der Waals surface area contributed by atoms with E-state index in [9.17, 15) is 4.79 Å². The van der Waals surface area contributed by atoms with Gasteiger partial charge in [-0.1, -0.05) is 31.7 Å². The Bertz CT molecular complexity index is 758. The molecule has 0 aromatic heterocycles. The number of hydrazone groups is 1. The minimum Gasteiger partial charge on any atom is -0.380 e. The van der Waals surface area contributed by atoms with Crippen molar-refractivity contribution in [2.24, 2.45) is 5.10 Å². The van der Waals surface area contributed by atoms with E-state index in [0.29, 0.717) is 12.4 Å². The summed E-state index contributed by atoms with van der Waals surface area (Å²) in [6.45, 7) is 8.62. The van der Waals surface area contributed by atoms with E-state index >= 15 is 0 Å². The lowest BCUT2D eigenvalue weighted by Crippen LogP contribution is -2.39. The van der Waals surface area contributed by atoms with E-state index in [4.69, 9.17) is 0 Å². The number of amides is 1. The van der Waals surface area contributed by atoms with Gasteiger partial charge in [0.1, 0.15) is 5.82 Å². The Balaban J connectivity index is 1.64. The Morgan fingerprint density at radius 1 is 1.35 bits per heavy atom. The van der Waals surface area contributed by atoms with Crippen molar-refractivity contribution in [3.05, 3.63) is 58.6 Å². The lowest BCUT2D eigenvalue weighted by Gasteiger charge is -2.27. The Kier molecular flexibility index (Phi) is 6.04. The van der Waals surface area contributed by atoms with Crippen molar-refractivity contribution in [2.75, 3.05) is 12.3 Å². The van der Waals surface area contributed by atoms with Crippen LogP contribution in [0.1, 0.15) is 39.5 Å². The Morgan fingerprint density at radius 2 is 2.15 bits per heavy atom. The van der Waals surface area contributed by atoms with Gasteiger partial charge in [-0.05, 0) is 38.2 Å². The van der Waals surface area contributed by atoms with E-state index in [0.717, 1.165) is 47.8 Å². The summed E-state index contributed by atoms with van der Waals surface area (Å²) in [5.74, 6) is 1.40. The van der Waals surface area contributed by atoms with Gasteiger partial charge in [-0.3, -0.25) is 4.79 Å². The van der Waals surface area contributed by atoms with E-state index in [1.165, 1.54) is 16.3 Å². The van der Waals surface area contributed by atoms with Crippen LogP contribution in [0.15, 0.2) is 63.7 Å². The molecule has 138 valence electrons. The number of allylic oxidation sites excluding steroid dienone is 5. The topological polar surface area (TPSA) is 56.7 Å². The second-order valence-electron chi connectivity index (χ2n) is 6.41. The van der Waals surface area contributed by atoms with Crippen molar-refractivity contribution in [3.8, 4) is 0 Å². The predicted octanol–water partition coefficient (Wildman–Crippen LogP) is 3.77. The molecule has 0 aromatic carbocycles. The van der Waals surface area contributed by atoms with Gasteiger partial charge in [-0.2, -0.15) is 10.1 Å². The average Bonchev–Trinajstić information content (AvgIpc) is 3.18. The Morgan fingerprint density at radius 3 is 2.85 bits per heavy atom. The third kappa shape index (κ3) is 4.30. The zero-order chi connectivity index (χ0) is 18.5. The fourth-order valence-electron chi connectivity index (χ4n) is 3.13. The Labute approximate surface area is 159 Å². The molecule has 26 heavy (non-hydrogen) atoms. The van der Waals surface area contributed by atoms with Gasteiger partial charge in [0.25, 0.3) is 5.91 Å². The maximum Gasteiger partial charge on any atom is 0.274 e. The molecule has 3 rings (SSSR count). The molecular weight excluding hydrogens is 344 g/mol. The number of hydrogen-bond donors (Lipinski definition) is 2. The number of thioether (sulfide) groups is 1. The van der Waals surface area contributed by atoms with Gasteiger partial charge >= 0.3 is 0 Å². The second-order valence-corrected chi connectivity index (χ2v) is 7.55. The van der Waals surface area contributed by atoms with Crippen molar-refractivity contribution < 1.29 is 4.79 Å². The number of carbonyl (C=O) groups excluding carboxylic acids is 1. The molecular formula is C20H26N4OS. The largest absolute Gasteiger partial charge is 0.380 e. The van der Waals surface area contributed by atoms with Crippen molar-refractivity contribution in [1.29, 1.82) is 0 Å². The van der Waals surface area contributed by atoms with E-state index in [1.54, 1.807) is 17.8 Å². The molecule has 6 heteroatoms. The third-order valence-corrected chi connectivity index (χ3v) is 5.69. The highest BCUT2D eigenvalue weighted by atomic mass is 32.2. The molecule has 2 N–H and O–H groups in total. The zero-order valence-corrected chi connectivity index (χ0v) is 16.3. The first-order valence-electron chi connectivity index (χ1n) is 9.11. The van der Waals surface area contributed by atoms with E-state index < -0.39 is 0 Å². The molecule has 1 amide bonds. The molecule has 0 saturated carbocycles. The number of nitrogens with one attached hydrogen (secondary N) is 2. The van der Waals surface area contributed by atoms with Crippen LogP contribution in [0.5, 0.6) is 0 Å². The summed E-state index contributed by atoms with van der Waals surface area (Å²) in [5.41, 5.74) is 4.16. The molecule has 0 fully saturated rings. The van der Waals surface area contributed by atoms with Crippen LogP contribution in [0.25, 0.3) is 0 Å². The van der Waals surface area contributed by atoms with Gasteiger partial charge in [-0.25, -0.2) is 0 Å². The molecule has 0 bridgehead atoms. The molecule has 0 radical (unpaired) electrons. The van der Waals surface area contributed by atoms with Crippen LogP contribution in [-0.4, -0.2) is 28.9 Å². The molecule has 2 heterocycles. The Hall–Kier alpha value is -2.21. The third-order valence-electron chi connectivity index (χ3n) is 4.48. The van der Waals surface area contributed by atoms with E-state index in [1.807, 2.05) is 6.92 Å². The van der Waals surface area contributed by atoms with Crippen LogP contribution >= 0.6 is 11.8 Å². The van der Waals surface area contributed by atoms with Gasteiger partial charge < -0.3 is 10.6 Å². The van der Waals surface area contributed by atoms with E-state index in [2.05, 4.69) is 47.5 Å². The summed E-state index contributed by atoms with van der Waals surface area (Å²) in [6.07, 6.45) is 12.5.